The fraction of sp³-hybridized carbons (Fsp3) is 0.154. The number of hydrogen-bond acceptors (Lipinski definition) is 5. The topological polar surface area (TPSA) is 93.6 Å². The first-order valence-electron chi connectivity index (χ1n) is 5.77. The average molecular weight is 276 g/mol. The molecule has 0 bridgehead atoms. The summed E-state index contributed by atoms with van der Waals surface area (Å²) in [6, 6.07) is 5.97. The SMILES string of the molecule is Cc1cc(/C(N)=N/O)nc(Oc2ccc(C)c(F)c2)n1. The van der Waals surface area contributed by atoms with Crippen LogP contribution in [0.4, 0.5) is 4.39 Å². The molecule has 0 saturated heterocycles. The summed E-state index contributed by atoms with van der Waals surface area (Å²) in [5, 5.41) is 11.5. The molecule has 0 saturated carbocycles. The lowest BCUT2D eigenvalue weighted by Gasteiger charge is -2.07. The van der Waals surface area contributed by atoms with Crippen molar-refractivity contribution in [2.24, 2.45) is 10.9 Å². The first-order chi connectivity index (χ1) is 9.49. The van der Waals surface area contributed by atoms with Crippen molar-refractivity contribution in [3.05, 3.63) is 47.0 Å². The molecule has 0 radical (unpaired) electrons. The van der Waals surface area contributed by atoms with E-state index in [9.17, 15) is 4.39 Å². The molecule has 2 rings (SSSR count). The van der Waals surface area contributed by atoms with Crippen LogP contribution in [-0.4, -0.2) is 21.0 Å². The number of aromatic nitrogens is 2. The summed E-state index contributed by atoms with van der Waals surface area (Å²) in [5.74, 6) is -0.272. The minimum atomic E-state index is -0.383. The summed E-state index contributed by atoms with van der Waals surface area (Å²) in [4.78, 5) is 8.03. The summed E-state index contributed by atoms with van der Waals surface area (Å²) >= 11 is 0. The van der Waals surface area contributed by atoms with E-state index in [4.69, 9.17) is 15.7 Å². The molecule has 6 nitrogen and oxygen atoms in total. The van der Waals surface area contributed by atoms with Gasteiger partial charge in [-0.2, -0.15) is 4.98 Å². The average Bonchev–Trinajstić information content (AvgIpc) is 2.41. The van der Waals surface area contributed by atoms with Crippen molar-refractivity contribution in [1.82, 2.24) is 9.97 Å². The van der Waals surface area contributed by atoms with Gasteiger partial charge in [0.2, 0.25) is 0 Å². The molecule has 0 fully saturated rings. The van der Waals surface area contributed by atoms with Gasteiger partial charge in [-0.1, -0.05) is 11.2 Å². The third-order valence-electron chi connectivity index (χ3n) is 2.56. The Morgan fingerprint density at radius 2 is 2.05 bits per heavy atom. The normalized spacial score (nSPS) is 11.4. The molecule has 1 aromatic carbocycles. The second kappa shape index (κ2) is 5.52. The second-order valence-electron chi connectivity index (χ2n) is 4.18. The second-order valence-corrected chi connectivity index (χ2v) is 4.18. The van der Waals surface area contributed by atoms with E-state index < -0.39 is 0 Å². The molecule has 1 heterocycles. The van der Waals surface area contributed by atoms with Gasteiger partial charge >= 0.3 is 6.01 Å². The van der Waals surface area contributed by atoms with Gasteiger partial charge in [-0.3, -0.25) is 0 Å². The number of benzene rings is 1. The Labute approximate surface area is 114 Å². The molecule has 1 aromatic heterocycles. The van der Waals surface area contributed by atoms with Crippen LogP contribution in [0.2, 0.25) is 0 Å². The van der Waals surface area contributed by atoms with Crippen LogP contribution in [0, 0.1) is 19.7 Å². The van der Waals surface area contributed by atoms with Gasteiger partial charge in [0, 0.05) is 11.8 Å². The Morgan fingerprint density at radius 1 is 1.30 bits per heavy atom. The number of hydrogen-bond donors (Lipinski definition) is 2. The molecule has 2 aromatic rings. The number of oxime groups is 1. The van der Waals surface area contributed by atoms with E-state index in [-0.39, 0.29) is 29.1 Å². The molecule has 0 aliphatic carbocycles. The van der Waals surface area contributed by atoms with Crippen LogP contribution < -0.4 is 10.5 Å². The smallest absolute Gasteiger partial charge is 0.322 e. The van der Waals surface area contributed by atoms with E-state index in [1.165, 1.54) is 12.1 Å². The number of ether oxygens (including phenoxy) is 1. The third-order valence-corrected chi connectivity index (χ3v) is 2.56. The van der Waals surface area contributed by atoms with Gasteiger partial charge < -0.3 is 15.7 Å². The quantitative estimate of drug-likeness (QED) is 0.387. The van der Waals surface area contributed by atoms with Gasteiger partial charge in [-0.15, -0.1) is 0 Å². The van der Waals surface area contributed by atoms with Crippen molar-refractivity contribution < 1.29 is 14.3 Å². The Bertz CT molecular complexity index is 673. The lowest BCUT2D eigenvalue weighted by atomic mass is 10.2. The zero-order chi connectivity index (χ0) is 14.7. The Hall–Kier alpha value is -2.70. The summed E-state index contributed by atoms with van der Waals surface area (Å²) in [5.41, 5.74) is 6.78. The summed E-state index contributed by atoms with van der Waals surface area (Å²) in [6.45, 7) is 3.36. The van der Waals surface area contributed by atoms with Crippen molar-refractivity contribution in [1.29, 1.82) is 0 Å². The molecule has 0 atom stereocenters. The van der Waals surface area contributed by atoms with Crippen molar-refractivity contribution in [3.63, 3.8) is 0 Å². The Morgan fingerprint density at radius 3 is 2.70 bits per heavy atom. The minimum Gasteiger partial charge on any atom is -0.424 e. The molecule has 0 unspecified atom stereocenters. The molecule has 0 aliphatic rings. The highest BCUT2D eigenvalue weighted by Crippen LogP contribution is 2.21. The highest BCUT2D eigenvalue weighted by molar-refractivity contribution is 5.95. The van der Waals surface area contributed by atoms with Crippen molar-refractivity contribution >= 4 is 5.84 Å². The van der Waals surface area contributed by atoms with Gasteiger partial charge in [-0.05, 0) is 31.5 Å². The summed E-state index contributed by atoms with van der Waals surface area (Å²) < 4.78 is 18.8. The predicted molar refractivity (Wildman–Crippen MR) is 70.5 cm³/mol. The van der Waals surface area contributed by atoms with Gasteiger partial charge in [0.15, 0.2) is 5.84 Å². The van der Waals surface area contributed by atoms with Gasteiger partial charge in [-0.25, -0.2) is 9.37 Å². The van der Waals surface area contributed by atoms with Crippen LogP contribution >= 0.6 is 0 Å². The molecule has 20 heavy (non-hydrogen) atoms. The highest BCUT2D eigenvalue weighted by atomic mass is 19.1. The van der Waals surface area contributed by atoms with E-state index in [0.29, 0.717) is 11.3 Å². The zero-order valence-electron chi connectivity index (χ0n) is 11.0. The number of aryl methyl sites for hydroxylation is 2. The van der Waals surface area contributed by atoms with E-state index in [1.54, 1.807) is 26.0 Å². The molecule has 3 N–H and O–H groups in total. The maximum Gasteiger partial charge on any atom is 0.322 e. The standard InChI is InChI=1S/C13H13FN4O2/c1-7-3-4-9(6-10(7)14)20-13-16-8(2)5-11(17-13)12(15)18-19/h3-6,19H,1-2H3,(H2,15,18). The first kappa shape index (κ1) is 13.7. The first-order valence-corrected chi connectivity index (χ1v) is 5.77. The Kier molecular flexibility index (Phi) is 3.79. The van der Waals surface area contributed by atoms with E-state index in [1.807, 2.05) is 0 Å². The van der Waals surface area contributed by atoms with Gasteiger partial charge in [0.1, 0.15) is 17.3 Å². The van der Waals surface area contributed by atoms with Crippen molar-refractivity contribution in [2.75, 3.05) is 0 Å². The van der Waals surface area contributed by atoms with Crippen LogP contribution in [0.15, 0.2) is 29.4 Å². The largest absolute Gasteiger partial charge is 0.424 e. The fourth-order valence-corrected chi connectivity index (χ4v) is 1.51. The van der Waals surface area contributed by atoms with E-state index >= 15 is 0 Å². The Balaban J connectivity index is 2.33. The molecule has 0 aliphatic heterocycles. The number of amidine groups is 1. The van der Waals surface area contributed by atoms with Crippen molar-refractivity contribution in [2.45, 2.75) is 13.8 Å². The maximum absolute atomic E-state index is 13.4. The minimum absolute atomic E-state index is 0.00477. The molecule has 0 amide bonds. The van der Waals surface area contributed by atoms with Crippen LogP contribution in [0.25, 0.3) is 0 Å². The maximum atomic E-state index is 13.4. The summed E-state index contributed by atoms with van der Waals surface area (Å²) in [7, 11) is 0. The highest BCUT2D eigenvalue weighted by Gasteiger charge is 2.09. The fourth-order valence-electron chi connectivity index (χ4n) is 1.51. The van der Waals surface area contributed by atoms with Crippen molar-refractivity contribution in [3.8, 4) is 11.8 Å². The molecule has 7 heteroatoms. The molecular formula is C13H13FN4O2. The number of nitrogens with zero attached hydrogens (tertiary/aromatic N) is 3. The van der Waals surface area contributed by atoms with E-state index in [2.05, 4.69) is 15.1 Å². The van der Waals surface area contributed by atoms with Gasteiger partial charge in [0.25, 0.3) is 0 Å². The number of halogens is 1. The third kappa shape index (κ3) is 3.00. The number of nitrogens with two attached hydrogens (primary N) is 1. The lowest BCUT2D eigenvalue weighted by molar-refractivity contribution is 0.318. The van der Waals surface area contributed by atoms with Crippen LogP contribution in [0.5, 0.6) is 11.8 Å². The van der Waals surface area contributed by atoms with Crippen LogP contribution in [0.3, 0.4) is 0 Å². The van der Waals surface area contributed by atoms with E-state index in [0.717, 1.165) is 0 Å². The van der Waals surface area contributed by atoms with Crippen LogP contribution in [0.1, 0.15) is 17.0 Å². The summed E-state index contributed by atoms with van der Waals surface area (Å²) in [6.07, 6.45) is 0. The lowest BCUT2D eigenvalue weighted by Crippen LogP contribution is -2.16. The van der Waals surface area contributed by atoms with Crippen LogP contribution in [-0.2, 0) is 0 Å². The predicted octanol–water partition coefficient (Wildman–Crippen LogP) is 2.12. The molecule has 0 spiro atoms. The van der Waals surface area contributed by atoms with Gasteiger partial charge in [0.05, 0.1) is 0 Å². The zero-order valence-corrected chi connectivity index (χ0v) is 11.0. The molecular weight excluding hydrogens is 263 g/mol. The monoisotopic (exact) mass is 276 g/mol. The number of rotatable bonds is 3. The molecule has 104 valence electrons.